The SMILES string of the molecule is CCCNC(C)c1cc(Br)ccc1OCCC(=O)NCC. The highest BCUT2D eigenvalue weighted by molar-refractivity contribution is 9.10. The Balaban J connectivity index is 2.66. The Morgan fingerprint density at radius 3 is 2.81 bits per heavy atom. The summed E-state index contributed by atoms with van der Waals surface area (Å²) < 4.78 is 6.82. The highest BCUT2D eigenvalue weighted by atomic mass is 79.9. The van der Waals surface area contributed by atoms with Crippen molar-refractivity contribution in [2.75, 3.05) is 19.7 Å². The molecule has 2 N–H and O–H groups in total. The number of rotatable bonds is 9. The maximum atomic E-state index is 11.4. The van der Waals surface area contributed by atoms with Crippen molar-refractivity contribution in [1.82, 2.24) is 10.6 Å². The molecule has 118 valence electrons. The minimum Gasteiger partial charge on any atom is -0.493 e. The number of halogens is 1. The molecule has 0 aliphatic carbocycles. The number of nitrogens with one attached hydrogen (secondary N) is 2. The second-order valence-corrected chi connectivity index (χ2v) is 5.83. The Morgan fingerprint density at radius 1 is 1.38 bits per heavy atom. The van der Waals surface area contributed by atoms with Crippen molar-refractivity contribution in [1.29, 1.82) is 0 Å². The van der Waals surface area contributed by atoms with E-state index < -0.39 is 0 Å². The highest BCUT2D eigenvalue weighted by Gasteiger charge is 2.12. The van der Waals surface area contributed by atoms with Crippen LogP contribution in [0.5, 0.6) is 5.75 Å². The fourth-order valence-corrected chi connectivity index (χ4v) is 2.38. The van der Waals surface area contributed by atoms with Gasteiger partial charge in [-0.05, 0) is 45.0 Å². The average molecular weight is 357 g/mol. The van der Waals surface area contributed by atoms with Crippen molar-refractivity contribution >= 4 is 21.8 Å². The molecule has 1 rings (SSSR count). The van der Waals surface area contributed by atoms with Crippen molar-refractivity contribution < 1.29 is 9.53 Å². The van der Waals surface area contributed by atoms with Crippen LogP contribution in [0.25, 0.3) is 0 Å². The van der Waals surface area contributed by atoms with Gasteiger partial charge in [-0.25, -0.2) is 0 Å². The van der Waals surface area contributed by atoms with Crippen LogP contribution in [-0.4, -0.2) is 25.6 Å². The minimum absolute atomic E-state index is 0.0216. The standard InChI is InChI=1S/C16H25BrN2O2/c1-4-9-19-12(3)14-11-13(17)6-7-15(14)21-10-8-16(20)18-5-2/h6-7,11-12,19H,4-5,8-10H2,1-3H3,(H,18,20). The van der Waals surface area contributed by atoms with E-state index in [0.29, 0.717) is 19.6 Å². The summed E-state index contributed by atoms with van der Waals surface area (Å²) in [5, 5.41) is 6.22. The summed E-state index contributed by atoms with van der Waals surface area (Å²) in [6.45, 7) is 8.18. The monoisotopic (exact) mass is 356 g/mol. The third-order valence-corrected chi connectivity index (χ3v) is 3.59. The molecule has 0 spiro atoms. The molecule has 1 amide bonds. The van der Waals surface area contributed by atoms with E-state index in [2.05, 4.69) is 46.5 Å². The van der Waals surface area contributed by atoms with Gasteiger partial charge in [-0.1, -0.05) is 22.9 Å². The molecule has 5 heteroatoms. The molecule has 0 fully saturated rings. The van der Waals surface area contributed by atoms with Crippen LogP contribution in [0.4, 0.5) is 0 Å². The Bertz CT molecular complexity index is 452. The van der Waals surface area contributed by atoms with Crippen LogP contribution in [0.15, 0.2) is 22.7 Å². The normalized spacial score (nSPS) is 12.0. The molecule has 1 aromatic rings. The topological polar surface area (TPSA) is 50.4 Å². The molecule has 0 radical (unpaired) electrons. The van der Waals surface area contributed by atoms with Gasteiger partial charge in [0.2, 0.25) is 5.91 Å². The van der Waals surface area contributed by atoms with Crippen LogP contribution in [0.3, 0.4) is 0 Å². The summed E-state index contributed by atoms with van der Waals surface area (Å²) >= 11 is 3.50. The van der Waals surface area contributed by atoms with Gasteiger partial charge in [0.1, 0.15) is 5.75 Å². The molecule has 1 unspecified atom stereocenters. The first-order valence-electron chi connectivity index (χ1n) is 7.50. The maximum Gasteiger partial charge on any atom is 0.223 e. The van der Waals surface area contributed by atoms with Gasteiger partial charge < -0.3 is 15.4 Å². The lowest BCUT2D eigenvalue weighted by molar-refractivity contribution is -0.121. The van der Waals surface area contributed by atoms with Gasteiger partial charge in [0.15, 0.2) is 0 Å². The van der Waals surface area contributed by atoms with E-state index in [9.17, 15) is 4.79 Å². The minimum atomic E-state index is 0.0216. The number of carbonyl (C=O) groups excluding carboxylic acids is 1. The average Bonchev–Trinajstić information content (AvgIpc) is 2.46. The van der Waals surface area contributed by atoms with Gasteiger partial charge in [0.25, 0.3) is 0 Å². The van der Waals surface area contributed by atoms with Crippen LogP contribution < -0.4 is 15.4 Å². The molecule has 0 aromatic heterocycles. The number of hydrogen-bond acceptors (Lipinski definition) is 3. The van der Waals surface area contributed by atoms with E-state index in [1.54, 1.807) is 0 Å². The predicted molar refractivity (Wildman–Crippen MR) is 89.6 cm³/mol. The molecule has 0 saturated carbocycles. The van der Waals surface area contributed by atoms with Gasteiger partial charge in [0.05, 0.1) is 13.0 Å². The Kier molecular flexibility index (Phi) is 8.38. The van der Waals surface area contributed by atoms with E-state index in [1.165, 1.54) is 0 Å². The Labute approximate surface area is 135 Å². The molecule has 0 heterocycles. The van der Waals surface area contributed by atoms with Crippen molar-refractivity contribution in [3.63, 3.8) is 0 Å². The van der Waals surface area contributed by atoms with Gasteiger partial charge in [-0.15, -0.1) is 0 Å². The zero-order chi connectivity index (χ0) is 15.7. The fraction of sp³-hybridized carbons (Fsp3) is 0.562. The van der Waals surface area contributed by atoms with Crippen molar-refractivity contribution in [2.24, 2.45) is 0 Å². The molecule has 0 aliphatic rings. The zero-order valence-corrected chi connectivity index (χ0v) is 14.6. The van der Waals surface area contributed by atoms with Gasteiger partial charge in [-0.3, -0.25) is 4.79 Å². The van der Waals surface area contributed by atoms with Crippen LogP contribution >= 0.6 is 15.9 Å². The lowest BCUT2D eigenvalue weighted by Crippen LogP contribution is -2.24. The molecular formula is C16H25BrN2O2. The first kappa shape index (κ1) is 18.0. The summed E-state index contributed by atoms with van der Waals surface area (Å²) in [4.78, 5) is 11.4. The highest BCUT2D eigenvalue weighted by Crippen LogP contribution is 2.28. The largest absolute Gasteiger partial charge is 0.493 e. The van der Waals surface area contributed by atoms with Crippen LogP contribution in [0.1, 0.15) is 45.2 Å². The maximum absolute atomic E-state index is 11.4. The number of benzene rings is 1. The second-order valence-electron chi connectivity index (χ2n) is 4.91. The molecule has 4 nitrogen and oxygen atoms in total. The third kappa shape index (κ3) is 6.48. The van der Waals surface area contributed by atoms with E-state index in [-0.39, 0.29) is 11.9 Å². The van der Waals surface area contributed by atoms with Crippen LogP contribution in [0, 0.1) is 0 Å². The molecular weight excluding hydrogens is 332 g/mol. The predicted octanol–water partition coefficient (Wildman–Crippen LogP) is 3.41. The van der Waals surface area contributed by atoms with E-state index in [0.717, 1.165) is 28.8 Å². The van der Waals surface area contributed by atoms with E-state index in [1.807, 2.05) is 19.1 Å². The molecule has 0 aliphatic heterocycles. The summed E-state index contributed by atoms with van der Waals surface area (Å²) in [7, 11) is 0. The summed E-state index contributed by atoms with van der Waals surface area (Å²) in [6, 6.07) is 6.18. The molecule has 0 bridgehead atoms. The summed E-state index contributed by atoms with van der Waals surface area (Å²) in [5.41, 5.74) is 1.11. The first-order chi connectivity index (χ1) is 10.1. The van der Waals surface area contributed by atoms with E-state index in [4.69, 9.17) is 4.74 Å². The molecule has 1 atom stereocenters. The number of amides is 1. The Hall–Kier alpha value is -1.07. The van der Waals surface area contributed by atoms with Crippen LogP contribution in [0.2, 0.25) is 0 Å². The van der Waals surface area contributed by atoms with E-state index >= 15 is 0 Å². The third-order valence-electron chi connectivity index (χ3n) is 3.10. The smallest absolute Gasteiger partial charge is 0.223 e. The molecule has 0 saturated heterocycles. The summed E-state index contributed by atoms with van der Waals surface area (Å²) in [5.74, 6) is 0.854. The summed E-state index contributed by atoms with van der Waals surface area (Å²) in [6.07, 6.45) is 1.46. The van der Waals surface area contributed by atoms with Gasteiger partial charge >= 0.3 is 0 Å². The second kappa shape index (κ2) is 9.79. The lowest BCUT2D eigenvalue weighted by Gasteiger charge is -2.18. The van der Waals surface area contributed by atoms with Gasteiger partial charge in [0, 0.05) is 22.6 Å². The zero-order valence-electron chi connectivity index (χ0n) is 13.0. The first-order valence-corrected chi connectivity index (χ1v) is 8.30. The van der Waals surface area contributed by atoms with Gasteiger partial charge in [-0.2, -0.15) is 0 Å². The number of carbonyl (C=O) groups is 1. The number of ether oxygens (including phenoxy) is 1. The van der Waals surface area contributed by atoms with Crippen molar-refractivity contribution in [3.8, 4) is 5.75 Å². The quantitative estimate of drug-likeness (QED) is 0.712. The fourth-order valence-electron chi connectivity index (χ4n) is 2.00. The molecule has 1 aromatic carbocycles. The van der Waals surface area contributed by atoms with Crippen molar-refractivity contribution in [3.05, 3.63) is 28.2 Å². The van der Waals surface area contributed by atoms with Crippen LogP contribution in [-0.2, 0) is 4.79 Å². The Morgan fingerprint density at radius 2 is 2.14 bits per heavy atom. The molecule has 21 heavy (non-hydrogen) atoms. The van der Waals surface area contributed by atoms with Crippen molar-refractivity contribution in [2.45, 2.75) is 39.7 Å². The number of hydrogen-bond donors (Lipinski definition) is 2. The lowest BCUT2D eigenvalue weighted by atomic mass is 10.1.